The van der Waals surface area contributed by atoms with Gasteiger partial charge in [-0.1, -0.05) is 19.9 Å². The van der Waals surface area contributed by atoms with Crippen molar-refractivity contribution in [2.75, 3.05) is 6.61 Å². The fourth-order valence-corrected chi connectivity index (χ4v) is 3.25. The minimum atomic E-state index is -0.535. The molecule has 0 aliphatic heterocycles. The fourth-order valence-electron chi connectivity index (χ4n) is 3.25. The van der Waals surface area contributed by atoms with E-state index in [1.54, 1.807) is 31.3 Å². The second-order valence-electron chi connectivity index (χ2n) is 8.18. The van der Waals surface area contributed by atoms with Crippen LogP contribution in [0.5, 0.6) is 0 Å². The summed E-state index contributed by atoms with van der Waals surface area (Å²) in [5.74, 6) is -0.467. The number of benzene rings is 2. The first-order chi connectivity index (χ1) is 14.3. The van der Waals surface area contributed by atoms with Gasteiger partial charge in [-0.2, -0.15) is 9.78 Å². The topological polar surface area (TPSA) is 73.2 Å². The van der Waals surface area contributed by atoms with Crippen LogP contribution in [0, 0.1) is 18.7 Å². The number of ether oxygens (including phenoxy) is 1. The predicted octanol–water partition coefficient (Wildman–Crippen LogP) is 4.68. The highest BCUT2D eigenvalue weighted by Gasteiger charge is 2.24. The lowest BCUT2D eigenvalue weighted by molar-refractivity contribution is 0.0950. The number of hydrogen-bond acceptors (Lipinski definition) is 4. The molecule has 7 heteroatoms. The third kappa shape index (κ3) is 4.06. The first-order valence-electron chi connectivity index (χ1n) is 10.1. The van der Waals surface area contributed by atoms with Gasteiger partial charge in [-0.3, -0.25) is 4.79 Å². The molecule has 30 heavy (non-hydrogen) atoms. The number of aromatic nitrogens is 2. The molecular formula is C23H24FN3O3. The largest absolute Gasteiger partial charge is 0.448 e. The maximum absolute atomic E-state index is 14.6. The summed E-state index contributed by atoms with van der Waals surface area (Å²) in [4.78, 5) is 24.7. The van der Waals surface area contributed by atoms with Gasteiger partial charge in [-0.25, -0.2) is 9.18 Å². The molecule has 1 aromatic heterocycles. The van der Waals surface area contributed by atoms with Gasteiger partial charge in [0.1, 0.15) is 5.82 Å². The molecule has 0 radical (unpaired) electrons. The molecule has 0 spiro atoms. The van der Waals surface area contributed by atoms with Crippen LogP contribution < -0.4 is 5.32 Å². The van der Waals surface area contributed by atoms with Gasteiger partial charge < -0.3 is 10.1 Å². The maximum atomic E-state index is 14.6. The monoisotopic (exact) mass is 409 g/mol. The van der Waals surface area contributed by atoms with Crippen LogP contribution in [0.3, 0.4) is 0 Å². The zero-order valence-corrected chi connectivity index (χ0v) is 17.2. The van der Waals surface area contributed by atoms with Crippen LogP contribution >= 0.6 is 0 Å². The van der Waals surface area contributed by atoms with Crippen molar-refractivity contribution in [2.24, 2.45) is 5.92 Å². The number of carbonyl (C=O) groups excluding carboxylic acids is 2. The van der Waals surface area contributed by atoms with E-state index in [1.165, 1.54) is 10.7 Å². The van der Waals surface area contributed by atoms with Crippen molar-refractivity contribution >= 4 is 22.9 Å². The van der Waals surface area contributed by atoms with Gasteiger partial charge in [0.15, 0.2) is 0 Å². The quantitative estimate of drug-likeness (QED) is 0.664. The van der Waals surface area contributed by atoms with Crippen LogP contribution in [-0.2, 0) is 4.74 Å². The van der Waals surface area contributed by atoms with E-state index in [0.717, 1.165) is 23.8 Å². The zero-order chi connectivity index (χ0) is 21.4. The second-order valence-corrected chi connectivity index (χ2v) is 8.18. The first-order valence-corrected chi connectivity index (χ1v) is 10.1. The van der Waals surface area contributed by atoms with Gasteiger partial charge in [0, 0.05) is 17.0 Å². The number of nitrogens with one attached hydrogen (secondary N) is 1. The molecule has 0 bridgehead atoms. The molecule has 1 N–H and O–H groups in total. The van der Waals surface area contributed by atoms with Gasteiger partial charge in [-0.05, 0) is 66.6 Å². The van der Waals surface area contributed by atoms with E-state index in [0.29, 0.717) is 28.8 Å². The van der Waals surface area contributed by atoms with E-state index in [-0.39, 0.29) is 17.9 Å². The van der Waals surface area contributed by atoms with Crippen LogP contribution in [0.25, 0.3) is 22.0 Å². The lowest BCUT2D eigenvalue weighted by Gasteiger charge is -2.11. The Labute approximate surface area is 174 Å². The molecule has 6 nitrogen and oxygen atoms in total. The van der Waals surface area contributed by atoms with Crippen molar-refractivity contribution in [3.63, 3.8) is 0 Å². The summed E-state index contributed by atoms with van der Waals surface area (Å²) in [6, 6.07) is 8.56. The standard InChI is InChI=1S/C23H24FN3O3/c1-13(2)12-30-23(29)27-21-7-4-15(8-17(21)11-25-27)19-9-16(10-20(24)14(19)3)22(28)26-18-5-6-18/h4,7-11,13,18H,5-6,12H2,1-3H3,(H,26,28). The van der Waals surface area contributed by atoms with E-state index >= 15 is 0 Å². The normalized spacial score (nSPS) is 13.6. The average molecular weight is 409 g/mol. The Balaban J connectivity index is 1.67. The number of halogens is 1. The van der Waals surface area contributed by atoms with Gasteiger partial charge in [0.2, 0.25) is 0 Å². The fraction of sp³-hybridized carbons (Fsp3) is 0.348. The molecule has 4 rings (SSSR count). The SMILES string of the molecule is Cc1c(F)cc(C(=O)NC2CC2)cc1-c1ccc2c(cnn2C(=O)OCC(C)C)c1. The molecule has 1 aliphatic carbocycles. The Bertz CT molecular complexity index is 1130. The average Bonchev–Trinajstić information content (AvgIpc) is 3.43. The predicted molar refractivity (Wildman–Crippen MR) is 112 cm³/mol. The molecule has 1 saturated carbocycles. The number of fused-ring (bicyclic) bond motifs is 1. The molecule has 1 amide bonds. The molecular weight excluding hydrogens is 385 g/mol. The van der Waals surface area contributed by atoms with Gasteiger partial charge in [-0.15, -0.1) is 0 Å². The lowest BCUT2D eigenvalue weighted by Crippen LogP contribution is -2.25. The van der Waals surface area contributed by atoms with E-state index in [9.17, 15) is 14.0 Å². The molecule has 1 fully saturated rings. The Morgan fingerprint density at radius 1 is 1.27 bits per heavy atom. The van der Waals surface area contributed by atoms with E-state index in [4.69, 9.17) is 4.74 Å². The Kier molecular flexibility index (Phi) is 5.28. The Hall–Kier alpha value is -3.22. The molecule has 0 atom stereocenters. The van der Waals surface area contributed by atoms with E-state index in [2.05, 4.69) is 10.4 Å². The molecule has 0 unspecified atom stereocenters. The van der Waals surface area contributed by atoms with Crippen molar-refractivity contribution in [3.8, 4) is 11.1 Å². The summed E-state index contributed by atoms with van der Waals surface area (Å²) in [5, 5.41) is 7.75. The highest BCUT2D eigenvalue weighted by Crippen LogP contribution is 2.30. The van der Waals surface area contributed by atoms with Gasteiger partial charge in [0.25, 0.3) is 5.91 Å². The summed E-state index contributed by atoms with van der Waals surface area (Å²) in [6.07, 6.45) is 2.97. The van der Waals surface area contributed by atoms with Gasteiger partial charge >= 0.3 is 6.09 Å². The summed E-state index contributed by atoms with van der Waals surface area (Å²) in [6.45, 7) is 5.92. The molecule has 0 saturated heterocycles. The second kappa shape index (κ2) is 7.89. The molecule has 1 heterocycles. The summed E-state index contributed by atoms with van der Waals surface area (Å²) in [7, 11) is 0. The molecule has 156 valence electrons. The van der Waals surface area contributed by atoms with Crippen LogP contribution in [0.4, 0.5) is 9.18 Å². The third-order valence-corrected chi connectivity index (χ3v) is 5.11. The number of rotatable bonds is 5. The highest BCUT2D eigenvalue weighted by atomic mass is 19.1. The van der Waals surface area contributed by atoms with Crippen molar-refractivity contribution in [2.45, 2.75) is 39.7 Å². The summed E-state index contributed by atoms with van der Waals surface area (Å²) in [5.41, 5.74) is 2.74. The van der Waals surface area contributed by atoms with Crippen molar-refractivity contribution < 1.29 is 18.7 Å². The van der Waals surface area contributed by atoms with Crippen LogP contribution in [0.2, 0.25) is 0 Å². The number of hydrogen-bond donors (Lipinski definition) is 1. The number of amides is 1. The Morgan fingerprint density at radius 2 is 2.03 bits per heavy atom. The summed E-state index contributed by atoms with van der Waals surface area (Å²) < 4.78 is 21.0. The van der Waals surface area contributed by atoms with Crippen LogP contribution in [0.1, 0.15) is 42.6 Å². The van der Waals surface area contributed by atoms with Crippen LogP contribution in [0.15, 0.2) is 36.5 Å². The zero-order valence-electron chi connectivity index (χ0n) is 17.2. The molecule has 3 aromatic rings. The first kappa shape index (κ1) is 20.1. The smallest absolute Gasteiger partial charge is 0.435 e. The highest BCUT2D eigenvalue weighted by molar-refractivity contribution is 5.97. The van der Waals surface area contributed by atoms with Crippen molar-refractivity contribution in [3.05, 3.63) is 53.5 Å². The van der Waals surface area contributed by atoms with E-state index < -0.39 is 11.9 Å². The van der Waals surface area contributed by atoms with Crippen molar-refractivity contribution in [1.29, 1.82) is 0 Å². The van der Waals surface area contributed by atoms with E-state index in [1.807, 2.05) is 19.9 Å². The Morgan fingerprint density at radius 3 is 2.73 bits per heavy atom. The lowest BCUT2D eigenvalue weighted by atomic mass is 9.96. The molecule has 1 aliphatic rings. The third-order valence-electron chi connectivity index (χ3n) is 5.11. The van der Waals surface area contributed by atoms with Gasteiger partial charge in [0.05, 0.1) is 18.3 Å². The molecule has 2 aromatic carbocycles. The summed E-state index contributed by atoms with van der Waals surface area (Å²) >= 11 is 0. The maximum Gasteiger partial charge on any atom is 0.435 e. The number of carbonyl (C=O) groups is 2. The minimum absolute atomic E-state index is 0.197. The van der Waals surface area contributed by atoms with Crippen LogP contribution in [-0.4, -0.2) is 34.4 Å². The number of nitrogens with zero attached hydrogens (tertiary/aromatic N) is 2. The minimum Gasteiger partial charge on any atom is -0.448 e. The van der Waals surface area contributed by atoms with Crippen molar-refractivity contribution in [1.82, 2.24) is 15.1 Å².